The second-order valence-electron chi connectivity index (χ2n) is 15.5. The van der Waals surface area contributed by atoms with E-state index in [4.69, 9.17) is 19.4 Å². The summed E-state index contributed by atoms with van der Waals surface area (Å²) in [6.45, 7) is 4.00. The summed E-state index contributed by atoms with van der Waals surface area (Å²) in [7, 11) is 0. The molecule has 4 heterocycles. The highest BCUT2D eigenvalue weighted by Crippen LogP contribution is 2.49. The van der Waals surface area contributed by atoms with Crippen LogP contribution < -0.4 is 0 Å². The van der Waals surface area contributed by atoms with Crippen molar-refractivity contribution in [2.75, 3.05) is 0 Å². The van der Waals surface area contributed by atoms with Gasteiger partial charge in [-0.3, -0.25) is 4.57 Å². The topological polar surface area (TPSA) is 56.7 Å². The Morgan fingerprint density at radius 2 is 1.16 bits per heavy atom. The molecule has 0 radical (unpaired) electrons. The lowest BCUT2D eigenvalue weighted by molar-refractivity contribution is 0.669. The minimum atomic E-state index is 0.556. The Hall–Kier alpha value is -7.54. The predicted molar refractivity (Wildman–Crippen MR) is 257 cm³/mol. The maximum absolute atomic E-state index is 6.36. The molecule has 294 valence electrons. The molecule has 1 aliphatic heterocycles. The second kappa shape index (κ2) is 14.6. The highest BCUT2D eigenvalue weighted by atomic mass is 32.2. The standard InChI is InChI=1S/C54H32N4OS.C2H6/c1-2-14-34(15-3-1)52-55-53(36-24-27-40-39-19-8-9-23-46(39)59-47(40)31-36)57-54(56-52)58-45-28-25-33-13-5-7-18-38(33)49(45)43-22-11-20-41(50(43)58)42-21-10-16-35-30-44-37-17-6-4-12-32(37)26-29-48(44)60-51(35)42;1-2/h1-29,31H,30H2;1-2H3. The average molecular weight is 815 g/mol. The summed E-state index contributed by atoms with van der Waals surface area (Å²) >= 11 is 1.88. The van der Waals surface area contributed by atoms with E-state index in [2.05, 4.69) is 150 Å². The van der Waals surface area contributed by atoms with Crippen LogP contribution in [0.5, 0.6) is 0 Å². The lowest BCUT2D eigenvalue weighted by Crippen LogP contribution is -2.07. The quantitative estimate of drug-likeness (QED) is 0.177. The van der Waals surface area contributed by atoms with E-state index in [0.717, 1.165) is 61.5 Å². The smallest absolute Gasteiger partial charge is 0.238 e. The number of hydrogen-bond acceptors (Lipinski definition) is 5. The molecule has 0 fully saturated rings. The molecule has 0 bridgehead atoms. The maximum Gasteiger partial charge on any atom is 0.238 e. The molecule has 1 aliphatic rings. The molecule has 0 unspecified atom stereocenters. The van der Waals surface area contributed by atoms with Crippen LogP contribution in [0.4, 0.5) is 0 Å². The van der Waals surface area contributed by atoms with Gasteiger partial charge in [0.15, 0.2) is 11.6 Å². The summed E-state index contributed by atoms with van der Waals surface area (Å²) in [5, 5.41) is 9.45. The van der Waals surface area contributed by atoms with E-state index in [9.17, 15) is 0 Å². The van der Waals surface area contributed by atoms with Crippen LogP contribution in [-0.4, -0.2) is 19.5 Å². The summed E-state index contributed by atoms with van der Waals surface area (Å²) in [5.74, 6) is 1.73. The van der Waals surface area contributed by atoms with Crippen LogP contribution in [0.1, 0.15) is 25.0 Å². The molecule has 0 atom stereocenters. The van der Waals surface area contributed by atoms with Crippen molar-refractivity contribution in [1.82, 2.24) is 19.5 Å². The molecule has 3 aromatic heterocycles. The molecule has 0 spiro atoms. The van der Waals surface area contributed by atoms with Gasteiger partial charge in [0, 0.05) is 54.4 Å². The first-order chi connectivity index (χ1) is 30.7. The molecular formula is C56H38N4OS. The molecule has 62 heavy (non-hydrogen) atoms. The first-order valence-electron chi connectivity index (χ1n) is 21.2. The van der Waals surface area contributed by atoms with Gasteiger partial charge >= 0.3 is 0 Å². The van der Waals surface area contributed by atoms with E-state index in [1.807, 2.05) is 62.0 Å². The Kier molecular flexibility index (Phi) is 8.54. The highest BCUT2D eigenvalue weighted by molar-refractivity contribution is 7.99. The fourth-order valence-corrected chi connectivity index (χ4v) is 10.6. The second-order valence-corrected chi connectivity index (χ2v) is 16.6. The Balaban J connectivity index is 0.00000202. The van der Waals surface area contributed by atoms with Gasteiger partial charge in [0.05, 0.1) is 11.0 Å². The van der Waals surface area contributed by atoms with Crippen LogP contribution in [0.15, 0.2) is 196 Å². The van der Waals surface area contributed by atoms with Crippen molar-refractivity contribution < 1.29 is 4.42 Å². The van der Waals surface area contributed by atoms with Gasteiger partial charge in [-0.05, 0) is 68.6 Å². The van der Waals surface area contributed by atoms with Gasteiger partial charge in [-0.2, -0.15) is 9.97 Å². The molecule has 0 amide bonds. The largest absolute Gasteiger partial charge is 0.456 e. The Morgan fingerprint density at radius 1 is 0.500 bits per heavy atom. The number of rotatable bonds is 4. The van der Waals surface area contributed by atoms with Crippen molar-refractivity contribution in [1.29, 1.82) is 0 Å². The van der Waals surface area contributed by atoms with Crippen molar-refractivity contribution in [3.05, 3.63) is 193 Å². The molecule has 13 rings (SSSR count). The summed E-state index contributed by atoms with van der Waals surface area (Å²) in [6, 6.07) is 64.5. The molecule has 9 aromatic carbocycles. The third-order valence-corrected chi connectivity index (χ3v) is 13.4. The van der Waals surface area contributed by atoms with E-state index >= 15 is 0 Å². The van der Waals surface area contributed by atoms with E-state index < -0.39 is 0 Å². The number of hydrogen-bond donors (Lipinski definition) is 0. The number of benzene rings is 9. The predicted octanol–water partition coefficient (Wildman–Crippen LogP) is 15.3. The monoisotopic (exact) mass is 814 g/mol. The van der Waals surface area contributed by atoms with Gasteiger partial charge in [-0.1, -0.05) is 177 Å². The van der Waals surface area contributed by atoms with Crippen molar-refractivity contribution in [3.63, 3.8) is 0 Å². The Labute approximate surface area is 362 Å². The summed E-state index contributed by atoms with van der Waals surface area (Å²) in [5.41, 5.74) is 10.6. The van der Waals surface area contributed by atoms with E-state index in [0.29, 0.717) is 17.6 Å². The van der Waals surface area contributed by atoms with E-state index in [1.165, 1.54) is 53.4 Å². The van der Waals surface area contributed by atoms with E-state index in [1.54, 1.807) is 0 Å². The lowest BCUT2D eigenvalue weighted by atomic mass is 9.94. The molecule has 0 saturated heterocycles. The van der Waals surface area contributed by atoms with Gasteiger partial charge in [0.1, 0.15) is 11.2 Å². The van der Waals surface area contributed by atoms with Crippen LogP contribution in [0.25, 0.3) is 105 Å². The number of nitrogens with zero attached hydrogens (tertiary/aromatic N) is 4. The summed E-state index contributed by atoms with van der Waals surface area (Å²) in [4.78, 5) is 18.5. The fourth-order valence-electron chi connectivity index (χ4n) is 9.39. The van der Waals surface area contributed by atoms with Gasteiger partial charge < -0.3 is 4.42 Å². The lowest BCUT2D eigenvalue weighted by Gasteiger charge is -2.23. The van der Waals surface area contributed by atoms with Crippen molar-refractivity contribution in [2.24, 2.45) is 0 Å². The summed E-state index contributed by atoms with van der Waals surface area (Å²) in [6.07, 6.45) is 0.878. The summed E-state index contributed by atoms with van der Waals surface area (Å²) < 4.78 is 8.64. The highest BCUT2D eigenvalue weighted by Gasteiger charge is 2.26. The first kappa shape index (κ1) is 36.3. The van der Waals surface area contributed by atoms with Crippen LogP contribution in [0.2, 0.25) is 0 Å². The van der Waals surface area contributed by atoms with Crippen LogP contribution in [0.3, 0.4) is 0 Å². The molecule has 5 nitrogen and oxygen atoms in total. The van der Waals surface area contributed by atoms with Crippen molar-refractivity contribution >= 4 is 77.1 Å². The third kappa shape index (κ3) is 5.67. The number of furan rings is 1. The van der Waals surface area contributed by atoms with Crippen molar-refractivity contribution in [2.45, 2.75) is 30.1 Å². The van der Waals surface area contributed by atoms with Gasteiger partial charge in [-0.15, -0.1) is 0 Å². The van der Waals surface area contributed by atoms with E-state index in [-0.39, 0.29) is 0 Å². The normalized spacial score (nSPS) is 12.2. The average Bonchev–Trinajstić information content (AvgIpc) is 3.90. The zero-order valence-corrected chi connectivity index (χ0v) is 34.9. The molecule has 0 saturated carbocycles. The zero-order chi connectivity index (χ0) is 41.3. The van der Waals surface area contributed by atoms with Crippen LogP contribution >= 0.6 is 11.8 Å². The fraction of sp³-hybridized carbons (Fsp3) is 0.0536. The molecule has 0 aliphatic carbocycles. The molecule has 6 heteroatoms. The Bertz CT molecular complexity index is 3740. The maximum atomic E-state index is 6.36. The number of aromatic nitrogens is 4. The minimum absolute atomic E-state index is 0.556. The SMILES string of the molecule is CC.c1ccc(-c2nc(-c3ccc4c(c3)oc3ccccc34)nc(-n3c4ccc5ccccc5c4c4cccc(-c5cccc6c5Sc5ccc7ccccc7c5C6)c43)n2)cc1. The molecule has 12 aromatic rings. The van der Waals surface area contributed by atoms with Crippen LogP contribution in [0, 0.1) is 0 Å². The third-order valence-electron chi connectivity index (χ3n) is 12.1. The molecule has 0 N–H and O–H groups in total. The van der Waals surface area contributed by atoms with Gasteiger partial charge in [-0.25, -0.2) is 4.98 Å². The Morgan fingerprint density at radius 3 is 2.02 bits per heavy atom. The van der Waals surface area contributed by atoms with Crippen LogP contribution in [-0.2, 0) is 6.42 Å². The first-order valence-corrected chi connectivity index (χ1v) is 22.0. The zero-order valence-electron chi connectivity index (χ0n) is 34.1. The molecular weight excluding hydrogens is 777 g/mol. The number of para-hydroxylation sites is 2. The van der Waals surface area contributed by atoms with Gasteiger partial charge in [0.25, 0.3) is 0 Å². The number of fused-ring (bicyclic) bond motifs is 12. The van der Waals surface area contributed by atoms with Gasteiger partial charge in [0.2, 0.25) is 5.95 Å². The van der Waals surface area contributed by atoms with Crippen molar-refractivity contribution in [3.8, 4) is 39.9 Å². The minimum Gasteiger partial charge on any atom is -0.456 e.